The zero-order valence-corrected chi connectivity index (χ0v) is 12.7. The third-order valence-corrected chi connectivity index (χ3v) is 3.89. The second-order valence-electron chi connectivity index (χ2n) is 5.98. The van der Waals surface area contributed by atoms with Crippen LogP contribution >= 0.6 is 0 Å². The lowest BCUT2D eigenvalue weighted by atomic mass is 10.1. The van der Waals surface area contributed by atoms with Gasteiger partial charge in [-0.1, -0.05) is 12.1 Å². The summed E-state index contributed by atoms with van der Waals surface area (Å²) in [6.07, 6.45) is 2.30. The molecule has 0 saturated heterocycles. The molecule has 0 radical (unpaired) electrons. The van der Waals surface area contributed by atoms with Crippen molar-refractivity contribution in [2.45, 2.75) is 45.3 Å². The highest BCUT2D eigenvalue weighted by atomic mass is 16.2. The second-order valence-corrected chi connectivity index (χ2v) is 5.98. The Morgan fingerprint density at radius 2 is 2.10 bits per heavy atom. The van der Waals surface area contributed by atoms with Gasteiger partial charge in [0.15, 0.2) is 0 Å². The first kappa shape index (κ1) is 14.9. The van der Waals surface area contributed by atoms with Crippen LogP contribution in [0.4, 0.5) is 5.69 Å². The van der Waals surface area contributed by atoms with Crippen molar-refractivity contribution in [2.24, 2.45) is 0 Å². The Balaban J connectivity index is 1.98. The molecule has 2 rings (SSSR count). The molecular formula is C16H25N3O. The minimum Gasteiger partial charge on any atom is -0.399 e. The van der Waals surface area contributed by atoms with Gasteiger partial charge in [-0.05, 0) is 44.4 Å². The smallest absolute Gasteiger partial charge is 0.236 e. The molecule has 2 N–H and O–H groups in total. The molecule has 4 heteroatoms. The Morgan fingerprint density at radius 3 is 2.65 bits per heavy atom. The van der Waals surface area contributed by atoms with E-state index < -0.39 is 0 Å². The van der Waals surface area contributed by atoms with E-state index in [1.54, 1.807) is 0 Å². The number of nitrogens with zero attached hydrogens (tertiary/aromatic N) is 2. The van der Waals surface area contributed by atoms with E-state index in [2.05, 4.69) is 24.8 Å². The van der Waals surface area contributed by atoms with E-state index in [0.717, 1.165) is 30.6 Å². The summed E-state index contributed by atoms with van der Waals surface area (Å²) >= 11 is 0. The van der Waals surface area contributed by atoms with Gasteiger partial charge in [-0.3, -0.25) is 9.69 Å². The highest BCUT2D eigenvalue weighted by Gasteiger charge is 2.30. The van der Waals surface area contributed by atoms with E-state index in [-0.39, 0.29) is 5.91 Å². The fourth-order valence-electron chi connectivity index (χ4n) is 2.30. The first-order valence-electron chi connectivity index (χ1n) is 7.31. The molecule has 0 spiro atoms. The van der Waals surface area contributed by atoms with Crippen molar-refractivity contribution >= 4 is 11.6 Å². The SMILES string of the molecule is CC(C)N(CC(=O)N(C)C1CC1)Cc1cccc(N)c1. The Morgan fingerprint density at radius 1 is 1.40 bits per heavy atom. The van der Waals surface area contributed by atoms with Crippen molar-refractivity contribution in [1.82, 2.24) is 9.80 Å². The summed E-state index contributed by atoms with van der Waals surface area (Å²) in [7, 11) is 1.92. The predicted octanol–water partition coefficient (Wildman–Crippen LogP) is 2.10. The number of nitrogens with two attached hydrogens (primary N) is 1. The number of hydrogen-bond donors (Lipinski definition) is 1. The number of carbonyl (C=O) groups is 1. The quantitative estimate of drug-likeness (QED) is 0.809. The standard InChI is InChI=1S/C16H25N3O/c1-12(2)19(10-13-5-4-6-14(17)9-13)11-16(20)18(3)15-7-8-15/h4-6,9,12,15H,7-8,10-11,17H2,1-3H3. The van der Waals surface area contributed by atoms with Crippen LogP contribution in [0.5, 0.6) is 0 Å². The van der Waals surface area contributed by atoms with E-state index in [9.17, 15) is 4.79 Å². The molecule has 1 aliphatic carbocycles. The molecule has 0 heterocycles. The van der Waals surface area contributed by atoms with Crippen LogP contribution in [0, 0.1) is 0 Å². The molecule has 0 unspecified atom stereocenters. The van der Waals surface area contributed by atoms with Gasteiger partial charge in [0.05, 0.1) is 6.54 Å². The molecule has 0 bridgehead atoms. The highest BCUT2D eigenvalue weighted by Crippen LogP contribution is 2.25. The number of nitrogen functional groups attached to an aromatic ring is 1. The average Bonchev–Trinajstić information content (AvgIpc) is 3.21. The Bertz CT molecular complexity index is 469. The molecular weight excluding hydrogens is 250 g/mol. The molecule has 1 amide bonds. The summed E-state index contributed by atoms with van der Waals surface area (Å²) in [5, 5.41) is 0. The van der Waals surface area contributed by atoms with Gasteiger partial charge in [0.25, 0.3) is 0 Å². The molecule has 4 nitrogen and oxygen atoms in total. The van der Waals surface area contributed by atoms with Crippen LogP contribution in [0.15, 0.2) is 24.3 Å². The summed E-state index contributed by atoms with van der Waals surface area (Å²) < 4.78 is 0. The lowest BCUT2D eigenvalue weighted by molar-refractivity contribution is -0.132. The fraction of sp³-hybridized carbons (Fsp3) is 0.562. The molecule has 1 saturated carbocycles. The number of benzene rings is 1. The predicted molar refractivity (Wildman–Crippen MR) is 82.2 cm³/mol. The van der Waals surface area contributed by atoms with Crippen LogP contribution in [0.1, 0.15) is 32.3 Å². The Labute approximate surface area is 121 Å². The monoisotopic (exact) mass is 275 g/mol. The lowest BCUT2D eigenvalue weighted by Crippen LogP contribution is -2.41. The van der Waals surface area contributed by atoms with Crippen LogP contribution < -0.4 is 5.73 Å². The molecule has 0 atom stereocenters. The van der Waals surface area contributed by atoms with Gasteiger partial charge < -0.3 is 10.6 Å². The first-order valence-corrected chi connectivity index (χ1v) is 7.31. The summed E-state index contributed by atoms with van der Waals surface area (Å²) in [5.41, 5.74) is 7.74. The Hall–Kier alpha value is -1.55. The summed E-state index contributed by atoms with van der Waals surface area (Å²) in [4.78, 5) is 16.3. The molecule has 1 fully saturated rings. The second kappa shape index (κ2) is 6.27. The summed E-state index contributed by atoms with van der Waals surface area (Å²) in [6.45, 7) is 5.47. The highest BCUT2D eigenvalue weighted by molar-refractivity contribution is 5.78. The van der Waals surface area contributed by atoms with Crippen LogP contribution in [0.3, 0.4) is 0 Å². The van der Waals surface area contributed by atoms with Gasteiger partial charge in [0.1, 0.15) is 0 Å². The number of amides is 1. The van der Waals surface area contributed by atoms with E-state index >= 15 is 0 Å². The maximum atomic E-state index is 12.3. The van der Waals surface area contributed by atoms with E-state index in [1.165, 1.54) is 0 Å². The number of anilines is 1. The minimum absolute atomic E-state index is 0.213. The van der Waals surface area contributed by atoms with Gasteiger partial charge >= 0.3 is 0 Å². The largest absolute Gasteiger partial charge is 0.399 e. The van der Waals surface area contributed by atoms with Crippen LogP contribution in [-0.4, -0.2) is 41.4 Å². The molecule has 1 aliphatic rings. The fourth-order valence-corrected chi connectivity index (χ4v) is 2.30. The Kier molecular flexibility index (Phi) is 4.65. The topological polar surface area (TPSA) is 49.6 Å². The van der Waals surface area contributed by atoms with Crippen molar-refractivity contribution in [3.8, 4) is 0 Å². The molecule has 20 heavy (non-hydrogen) atoms. The number of carbonyl (C=O) groups excluding carboxylic acids is 1. The van der Waals surface area contributed by atoms with Crippen molar-refractivity contribution in [2.75, 3.05) is 19.3 Å². The van der Waals surface area contributed by atoms with E-state index in [1.807, 2.05) is 30.1 Å². The van der Waals surface area contributed by atoms with E-state index in [4.69, 9.17) is 5.73 Å². The summed E-state index contributed by atoms with van der Waals surface area (Å²) in [6, 6.07) is 8.68. The molecule has 110 valence electrons. The van der Waals surface area contributed by atoms with E-state index in [0.29, 0.717) is 18.6 Å². The van der Waals surface area contributed by atoms with Gasteiger partial charge in [-0.25, -0.2) is 0 Å². The average molecular weight is 275 g/mol. The van der Waals surface area contributed by atoms with Gasteiger partial charge in [-0.2, -0.15) is 0 Å². The summed E-state index contributed by atoms with van der Waals surface area (Å²) in [5.74, 6) is 0.213. The first-order chi connectivity index (χ1) is 9.47. The maximum absolute atomic E-state index is 12.3. The lowest BCUT2D eigenvalue weighted by Gasteiger charge is -2.28. The van der Waals surface area contributed by atoms with Crippen molar-refractivity contribution in [3.05, 3.63) is 29.8 Å². The van der Waals surface area contributed by atoms with Crippen LogP contribution in [-0.2, 0) is 11.3 Å². The number of rotatable bonds is 6. The molecule has 0 aliphatic heterocycles. The third kappa shape index (κ3) is 3.97. The zero-order chi connectivity index (χ0) is 14.7. The van der Waals surface area contributed by atoms with Crippen LogP contribution in [0.2, 0.25) is 0 Å². The zero-order valence-electron chi connectivity index (χ0n) is 12.7. The third-order valence-electron chi connectivity index (χ3n) is 3.89. The van der Waals surface area contributed by atoms with Crippen molar-refractivity contribution < 1.29 is 4.79 Å². The van der Waals surface area contributed by atoms with Gasteiger partial charge in [-0.15, -0.1) is 0 Å². The van der Waals surface area contributed by atoms with Crippen LogP contribution in [0.25, 0.3) is 0 Å². The van der Waals surface area contributed by atoms with Gasteiger partial charge in [0, 0.05) is 31.4 Å². The molecule has 1 aromatic rings. The number of hydrogen-bond acceptors (Lipinski definition) is 3. The normalized spacial score (nSPS) is 14.8. The number of likely N-dealkylation sites (N-methyl/N-ethyl adjacent to an activating group) is 1. The maximum Gasteiger partial charge on any atom is 0.236 e. The van der Waals surface area contributed by atoms with Crippen molar-refractivity contribution in [1.29, 1.82) is 0 Å². The van der Waals surface area contributed by atoms with Gasteiger partial charge in [0.2, 0.25) is 5.91 Å². The molecule has 1 aromatic carbocycles. The molecule has 0 aromatic heterocycles. The van der Waals surface area contributed by atoms with Crippen molar-refractivity contribution in [3.63, 3.8) is 0 Å². The minimum atomic E-state index is 0.213.